The topological polar surface area (TPSA) is 113 Å². The molecule has 4 rings (SSSR count). The Morgan fingerprint density at radius 2 is 1.76 bits per heavy atom. The van der Waals surface area contributed by atoms with Crippen LogP contribution in [0.3, 0.4) is 0 Å². The summed E-state index contributed by atoms with van der Waals surface area (Å²) in [7, 11) is -3.22. The van der Waals surface area contributed by atoms with Gasteiger partial charge in [0.25, 0.3) is 5.91 Å². The van der Waals surface area contributed by atoms with E-state index in [1.54, 1.807) is 31.2 Å². The van der Waals surface area contributed by atoms with Crippen LogP contribution in [0.2, 0.25) is 0 Å². The second-order valence-electron chi connectivity index (χ2n) is 9.19. The molecule has 0 radical (unpaired) electrons. The predicted octanol–water partition coefficient (Wildman–Crippen LogP) is 1.79. The van der Waals surface area contributed by atoms with Crippen LogP contribution in [0.1, 0.15) is 35.6 Å². The second-order valence-corrected chi connectivity index (χ2v) is 11.4. The zero-order valence-electron chi connectivity index (χ0n) is 18.8. The number of hydrogen-bond acceptors (Lipinski definition) is 5. The molecular weight excluding hydrogens is 442 g/mol. The van der Waals surface area contributed by atoms with Gasteiger partial charge >= 0.3 is 6.03 Å². The maximum atomic E-state index is 13.8. The normalized spacial score (nSPS) is 26.3. The van der Waals surface area contributed by atoms with Crippen LogP contribution in [0.15, 0.2) is 48.5 Å². The van der Waals surface area contributed by atoms with Gasteiger partial charge < -0.3 is 10.6 Å². The Hall–Kier alpha value is -3.20. The summed E-state index contributed by atoms with van der Waals surface area (Å²) in [6.45, 7) is 5.05. The summed E-state index contributed by atoms with van der Waals surface area (Å²) < 4.78 is 23.7. The molecule has 0 aromatic heterocycles. The molecule has 2 aromatic rings. The van der Waals surface area contributed by atoms with Crippen LogP contribution < -0.4 is 10.6 Å². The molecule has 2 aliphatic rings. The lowest BCUT2D eigenvalue weighted by Gasteiger charge is -2.29. The number of urea groups is 1. The average molecular weight is 470 g/mol. The van der Waals surface area contributed by atoms with Gasteiger partial charge in [0.15, 0.2) is 15.4 Å². The number of imide groups is 1. The van der Waals surface area contributed by atoms with E-state index in [2.05, 4.69) is 10.6 Å². The molecule has 2 atom stereocenters. The van der Waals surface area contributed by atoms with E-state index < -0.39 is 45.3 Å². The van der Waals surface area contributed by atoms with E-state index in [4.69, 9.17) is 0 Å². The zero-order valence-corrected chi connectivity index (χ0v) is 19.7. The number of nitrogens with zero attached hydrogens (tertiary/aromatic N) is 1. The van der Waals surface area contributed by atoms with Crippen LogP contribution in [-0.2, 0) is 25.0 Å². The van der Waals surface area contributed by atoms with E-state index in [1.165, 1.54) is 0 Å². The lowest BCUT2D eigenvalue weighted by Crippen LogP contribution is -2.51. The van der Waals surface area contributed by atoms with Crippen LogP contribution in [0.25, 0.3) is 0 Å². The van der Waals surface area contributed by atoms with E-state index in [0.717, 1.165) is 16.0 Å². The summed E-state index contributed by atoms with van der Waals surface area (Å²) in [6.07, 6.45) is 0.289. The lowest BCUT2D eigenvalue weighted by atomic mass is 9.81. The zero-order chi connectivity index (χ0) is 24.0. The van der Waals surface area contributed by atoms with Crippen LogP contribution in [0.4, 0.5) is 4.79 Å². The Morgan fingerprint density at radius 3 is 2.36 bits per heavy atom. The summed E-state index contributed by atoms with van der Waals surface area (Å²) in [6, 6.07) is 13.8. The summed E-state index contributed by atoms with van der Waals surface area (Å²) in [5.41, 5.74) is 0.832. The summed E-state index contributed by atoms with van der Waals surface area (Å²) in [5.74, 6) is -1.30. The number of carbonyl (C=O) groups excluding carboxylic acids is 3. The van der Waals surface area contributed by atoms with Crippen molar-refractivity contribution in [2.45, 2.75) is 38.3 Å². The van der Waals surface area contributed by atoms with Gasteiger partial charge in [0.2, 0.25) is 5.91 Å². The third kappa shape index (κ3) is 4.13. The van der Waals surface area contributed by atoms with Gasteiger partial charge in [-0.2, -0.15) is 0 Å². The molecule has 0 aliphatic carbocycles. The van der Waals surface area contributed by atoms with Crippen molar-refractivity contribution in [3.05, 3.63) is 70.8 Å². The van der Waals surface area contributed by atoms with E-state index in [-0.39, 0.29) is 17.9 Å². The fourth-order valence-electron chi connectivity index (χ4n) is 4.57. The Morgan fingerprint density at radius 1 is 1.06 bits per heavy atom. The summed E-state index contributed by atoms with van der Waals surface area (Å²) >= 11 is 0. The van der Waals surface area contributed by atoms with Gasteiger partial charge in [-0.3, -0.25) is 14.5 Å². The number of nitrogens with one attached hydrogen (secondary N) is 2. The molecule has 2 N–H and O–H groups in total. The average Bonchev–Trinajstić information content (AvgIpc) is 3.17. The molecule has 33 heavy (non-hydrogen) atoms. The standard InChI is InChI=1S/C24H27N3O5S/c1-16-9-10-19(13-17(16)2)24(18-7-5-4-6-8-18)21(29)27(22(30)26-24)14-20(28)25-23(3)11-12-33(31,32)15-23/h4-10,13H,11-12,14-15H2,1-3H3,(H,25,28)(H,26,30)/t23-,24-/m1/s1. The molecular formula is C24H27N3O5S. The number of benzene rings is 2. The van der Waals surface area contributed by atoms with Crippen LogP contribution in [0.5, 0.6) is 0 Å². The Balaban J connectivity index is 1.66. The molecule has 174 valence electrons. The van der Waals surface area contributed by atoms with Gasteiger partial charge in [-0.1, -0.05) is 48.5 Å². The van der Waals surface area contributed by atoms with E-state index in [1.807, 2.05) is 38.1 Å². The van der Waals surface area contributed by atoms with Crippen LogP contribution in [0, 0.1) is 13.8 Å². The Labute approximate surface area is 193 Å². The molecule has 4 amide bonds. The minimum Gasteiger partial charge on any atom is -0.348 e. The highest BCUT2D eigenvalue weighted by Crippen LogP contribution is 2.37. The van der Waals surface area contributed by atoms with Crippen molar-refractivity contribution in [1.29, 1.82) is 0 Å². The minimum absolute atomic E-state index is 0.00317. The van der Waals surface area contributed by atoms with Gasteiger partial charge in [0, 0.05) is 0 Å². The quantitative estimate of drug-likeness (QED) is 0.649. The van der Waals surface area contributed by atoms with E-state index >= 15 is 0 Å². The molecule has 0 spiro atoms. The maximum absolute atomic E-state index is 13.8. The van der Waals surface area contributed by atoms with Crippen LogP contribution in [-0.4, -0.2) is 54.8 Å². The lowest BCUT2D eigenvalue weighted by molar-refractivity contribution is -0.134. The molecule has 0 unspecified atom stereocenters. The molecule has 2 saturated heterocycles. The van der Waals surface area contributed by atoms with E-state index in [9.17, 15) is 22.8 Å². The fourth-order valence-corrected chi connectivity index (χ4v) is 6.66. The molecule has 2 heterocycles. The predicted molar refractivity (Wildman–Crippen MR) is 123 cm³/mol. The third-order valence-corrected chi connectivity index (χ3v) is 8.40. The first-order valence-electron chi connectivity index (χ1n) is 10.7. The monoisotopic (exact) mass is 469 g/mol. The second kappa shape index (κ2) is 7.98. The third-order valence-electron chi connectivity index (χ3n) is 6.50. The number of sulfone groups is 1. The van der Waals surface area contributed by atoms with Crippen molar-refractivity contribution >= 4 is 27.7 Å². The fraction of sp³-hybridized carbons (Fsp3) is 0.375. The summed E-state index contributed by atoms with van der Waals surface area (Å²) in [5, 5.41) is 5.54. The largest absolute Gasteiger partial charge is 0.348 e. The minimum atomic E-state index is -3.22. The van der Waals surface area contributed by atoms with Crippen molar-refractivity contribution in [2.24, 2.45) is 0 Å². The molecule has 9 heteroatoms. The number of amides is 4. The van der Waals surface area contributed by atoms with Crippen molar-refractivity contribution in [1.82, 2.24) is 15.5 Å². The Bertz CT molecular complexity index is 1240. The van der Waals surface area contributed by atoms with Gasteiger partial charge in [-0.25, -0.2) is 13.2 Å². The smallest absolute Gasteiger partial charge is 0.326 e. The Kier molecular flexibility index (Phi) is 5.56. The van der Waals surface area contributed by atoms with Gasteiger partial charge in [0.1, 0.15) is 6.54 Å². The maximum Gasteiger partial charge on any atom is 0.326 e. The molecule has 2 aromatic carbocycles. The molecule has 8 nitrogen and oxygen atoms in total. The first-order valence-corrected chi connectivity index (χ1v) is 12.6. The number of carbonyl (C=O) groups is 3. The highest BCUT2D eigenvalue weighted by molar-refractivity contribution is 7.91. The molecule has 0 saturated carbocycles. The molecule has 2 fully saturated rings. The molecule has 0 bridgehead atoms. The first-order chi connectivity index (χ1) is 15.5. The summed E-state index contributed by atoms with van der Waals surface area (Å²) in [4.78, 5) is 40.4. The van der Waals surface area contributed by atoms with Gasteiger partial charge in [-0.05, 0) is 49.4 Å². The van der Waals surface area contributed by atoms with Crippen molar-refractivity contribution < 1.29 is 22.8 Å². The first kappa shape index (κ1) is 23.0. The van der Waals surface area contributed by atoms with Gasteiger partial charge in [-0.15, -0.1) is 0 Å². The van der Waals surface area contributed by atoms with Crippen molar-refractivity contribution in [3.63, 3.8) is 0 Å². The number of rotatable bonds is 5. The highest BCUT2D eigenvalue weighted by Gasteiger charge is 2.54. The van der Waals surface area contributed by atoms with Gasteiger partial charge in [0.05, 0.1) is 17.0 Å². The highest BCUT2D eigenvalue weighted by atomic mass is 32.2. The SMILES string of the molecule is Cc1ccc([C@@]2(c3ccccc3)NC(=O)N(CC(=O)N[C@]3(C)CCS(=O)(=O)C3)C2=O)cc1C. The van der Waals surface area contributed by atoms with E-state index in [0.29, 0.717) is 11.1 Å². The van der Waals surface area contributed by atoms with Crippen molar-refractivity contribution in [2.75, 3.05) is 18.1 Å². The van der Waals surface area contributed by atoms with Crippen molar-refractivity contribution in [3.8, 4) is 0 Å². The molecule has 2 aliphatic heterocycles. The van der Waals surface area contributed by atoms with Crippen LogP contribution >= 0.6 is 0 Å². The number of aryl methyl sites for hydroxylation is 2. The number of hydrogen-bond donors (Lipinski definition) is 2.